The van der Waals surface area contributed by atoms with Crippen LogP contribution in [-0.4, -0.2) is 46.2 Å². The van der Waals surface area contributed by atoms with E-state index in [1.54, 1.807) is 11.0 Å². The molecule has 3 rings (SSSR count). The molecule has 1 saturated heterocycles. The Morgan fingerprint density at radius 2 is 2.16 bits per heavy atom. The van der Waals surface area contributed by atoms with E-state index >= 15 is 0 Å². The first-order valence-corrected chi connectivity index (χ1v) is 6.87. The van der Waals surface area contributed by atoms with Gasteiger partial charge in [0.05, 0.1) is 0 Å². The summed E-state index contributed by atoms with van der Waals surface area (Å²) < 4.78 is 0. The Kier molecular flexibility index (Phi) is 3.33. The highest BCUT2D eigenvalue weighted by molar-refractivity contribution is 5.92. The molecule has 2 aliphatic rings. The number of anilines is 1. The number of nitrogens with two attached hydrogens (primary N) is 1. The Hall–Kier alpha value is -1.69. The molecule has 1 unspecified atom stereocenters. The van der Waals surface area contributed by atoms with Crippen molar-refractivity contribution in [1.82, 2.24) is 15.1 Å². The van der Waals surface area contributed by atoms with E-state index < -0.39 is 0 Å². The second kappa shape index (κ2) is 5.13. The van der Waals surface area contributed by atoms with Gasteiger partial charge in [-0.1, -0.05) is 0 Å². The van der Waals surface area contributed by atoms with Crippen molar-refractivity contribution in [3.05, 3.63) is 17.8 Å². The molecule has 0 radical (unpaired) electrons. The first-order valence-electron chi connectivity index (χ1n) is 6.87. The van der Waals surface area contributed by atoms with E-state index in [1.165, 1.54) is 12.8 Å². The van der Waals surface area contributed by atoms with Crippen LogP contribution in [0.1, 0.15) is 36.2 Å². The van der Waals surface area contributed by atoms with Gasteiger partial charge in [-0.3, -0.25) is 4.79 Å². The quantitative estimate of drug-likeness (QED) is 0.833. The van der Waals surface area contributed by atoms with Gasteiger partial charge in [0.2, 0.25) is 0 Å². The van der Waals surface area contributed by atoms with E-state index in [0.29, 0.717) is 18.3 Å². The van der Waals surface area contributed by atoms with Crippen LogP contribution in [0.3, 0.4) is 0 Å². The van der Waals surface area contributed by atoms with E-state index in [0.717, 1.165) is 25.2 Å². The molecule has 1 aromatic rings. The summed E-state index contributed by atoms with van der Waals surface area (Å²) in [5.74, 6) is 0.676. The lowest BCUT2D eigenvalue weighted by atomic mass is 10.1. The van der Waals surface area contributed by atoms with Crippen LogP contribution < -0.4 is 11.1 Å². The number of hydrogen-bond acceptors (Lipinski definition) is 5. The van der Waals surface area contributed by atoms with E-state index in [2.05, 4.69) is 15.5 Å². The molecule has 1 aliphatic heterocycles. The molecule has 3 N–H and O–H groups in total. The SMILES string of the molecule is NC1CCCN(C(=O)c2ccc(NC3CC3)nn2)C1. The van der Waals surface area contributed by atoms with Crippen molar-refractivity contribution in [3.63, 3.8) is 0 Å². The topological polar surface area (TPSA) is 84.1 Å². The molecule has 2 fully saturated rings. The van der Waals surface area contributed by atoms with Crippen LogP contribution >= 0.6 is 0 Å². The smallest absolute Gasteiger partial charge is 0.274 e. The van der Waals surface area contributed by atoms with Crippen molar-refractivity contribution in [2.24, 2.45) is 5.73 Å². The van der Waals surface area contributed by atoms with Crippen LogP contribution in [0.15, 0.2) is 12.1 Å². The van der Waals surface area contributed by atoms with Crippen molar-refractivity contribution < 1.29 is 4.79 Å². The Bertz CT molecular complexity index is 457. The first-order chi connectivity index (χ1) is 9.22. The third kappa shape index (κ3) is 3.01. The van der Waals surface area contributed by atoms with E-state index in [9.17, 15) is 4.79 Å². The summed E-state index contributed by atoms with van der Waals surface area (Å²) in [6.07, 6.45) is 4.32. The Morgan fingerprint density at radius 1 is 1.32 bits per heavy atom. The molecular weight excluding hydrogens is 242 g/mol. The van der Waals surface area contributed by atoms with E-state index in [1.807, 2.05) is 6.07 Å². The van der Waals surface area contributed by atoms with E-state index in [-0.39, 0.29) is 11.9 Å². The van der Waals surface area contributed by atoms with Gasteiger partial charge in [-0.25, -0.2) is 0 Å². The highest BCUT2D eigenvalue weighted by Crippen LogP contribution is 2.23. The molecule has 1 amide bonds. The average Bonchev–Trinajstić information content (AvgIpc) is 3.23. The molecule has 19 heavy (non-hydrogen) atoms. The number of likely N-dealkylation sites (tertiary alicyclic amines) is 1. The summed E-state index contributed by atoms with van der Waals surface area (Å²) in [5, 5.41) is 11.3. The molecule has 0 aromatic carbocycles. The number of nitrogens with one attached hydrogen (secondary N) is 1. The van der Waals surface area contributed by atoms with Crippen molar-refractivity contribution in [2.75, 3.05) is 18.4 Å². The molecule has 0 spiro atoms. The minimum Gasteiger partial charge on any atom is -0.366 e. The lowest BCUT2D eigenvalue weighted by molar-refractivity contribution is 0.0701. The molecular formula is C13H19N5O. The van der Waals surface area contributed by atoms with Gasteiger partial charge in [-0.05, 0) is 37.8 Å². The summed E-state index contributed by atoms with van der Waals surface area (Å²) in [6.45, 7) is 1.37. The van der Waals surface area contributed by atoms with Crippen LogP contribution in [0.2, 0.25) is 0 Å². The monoisotopic (exact) mass is 261 g/mol. The molecule has 0 bridgehead atoms. The van der Waals surface area contributed by atoms with Crippen LogP contribution in [-0.2, 0) is 0 Å². The molecule has 1 saturated carbocycles. The number of rotatable bonds is 3. The molecule has 102 valence electrons. The maximum absolute atomic E-state index is 12.2. The molecule has 1 atom stereocenters. The second-order valence-electron chi connectivity index (χ2n) is 5.38. The zero-order valence-corrected chi connectivity index (χ0v) is 10.9. The van der Waals surface area contributed by atoms with Gasteiger partial charge < -0.3 is 16.0 Å². The summed E-state index contributed by atoms with van der Waals surface area (Å²) in [4.78, 5) is 14.0. The summed E-state index contributed by atoms with van der Waals surface area (Å²) in [6, 6.07) is 4.18. The predicted octanol–water partition coefficient (Wildman–Crippen LogP) is 0.614. The van der Waals surface area contributed by atoms with E-state index in [4.69, 9.17) is 5.73 Å². The fourth-order valence-corrected chi connectivity index (χ4v) is 2.32. The van der Waals surface area contributed by atoms with Gasteiger partial charge in [0.15, 0.2) is 5.69 Å². The fraction of sp³-hybridized carbons (Fsp3) is 0.615. The highest BCUT2D eigenvalue weighted by atomic mass is 16.2. The zero-order valence-electron chi connectivity index (χ0n) is 10.9. The predicted molar refractivity (Wildman–Crippen MR) is 71.8 cm³/mol. The standard InChI is InChI=1S/C13H19N5O/c14-9-2-1-7-18(8-9)13(19)11-5-6-12(17-16-11)15-10-3-4-10/h5-6,9-10H,1-4,7-8,14H2,(H,15,17). The number of hydrogen-bond donors (Lipinski definition) is 2. The van der Waals surface area contributed by atoms with Crippen molar-refractivity contribution in [2.45, 2.75) is 37.8 Å². The molecule has 6 heteroatoms. The lowest BCUT2D eigenvalue weighted by Gasteiger charge is -2.30. The summed E-state index contributed by atoms with van der Waals surface area (Å²) in [5.41, 5.74) is 6.29. The molecule has 1 aromatic heterocycles. The Morgan fingerprint density at radius 3 is 2.79 bits per heavy atom. The largest absolute Gasteiger partial charge is 0.366 e. The van der Waals surface area contributed by atoms with Crippen LogP contribution in [0.25, 0.3) is 0 Å². The number of piperidine rings is 1. The summed E-state index contributed by atoms with van der Waals surface area (Å²) >= 11 is 0. The number of amides is 1. The average molecular weight is 261 g/mol. The normalized spacial score (nSPS) is 23.2. The van der Waals surface area contributed by atoms with Gasteiger partial charge in [0.25, 0.3) is 5.91 Å². The van der Waals surface area contributed by atoms with Gasteiger partial charge >= 0.3 is 0 Å². The Balaban J connectivity index is 1.65. The molecule has 6 nitrogen and oxygen atoms in total. The number of aromatic nitrogens is 2. The van der Waals surface area contributed by atoms with Crippen LogP contribution in [0.4, 0.5) is 5.82 Å². The number of carbonyl (C=O) groups excluding carboxylic acids is 1. The van der Waals surface area contributed by atoms with Crippen LogP contribution in [0, 0.1) is 0 Å². The maximum atomic E-state index is 12.2. The minimum atomic E-state index is -0.0689. The third-order valence-corrected chi connectivity index (χ3v) is 3.56. The lowest BCUT2D eigenvalue weighted by Crippen LogP contribution is -2.45. The van der Waals surface area contributed by atoms with Gasteiger partial charge in [-0.2, -0.15) is 0 Å². The maximum Gasteiger partial charge on any atom is 0.274 e. The summed E-state index contributed by atoms with van der Waals surface area (Å²) in [7, 11) is 0. The van der Waals surface area contributed by atoms with Gasteiger partial charge in [0.1, 0.15) is 5.82 Å². The van der Waals surface area contributed by atoms with Crippen LogP contribution in [0.5, 0.6) is 0 Å². The third-order valence-electron chi connectivity index (χ3n) is 3.56. The second-order valence-corrected chi connectivity index (χ2v) is 5.38. The molecule has 1 aliphatic carbocycles. The fourth-order valence-electron chi connectivity index (χ4n) is 2.32. The van der Waals surface area contributed by atoms with Gasteiger partial charge in [0, 0.05) is 25.2 Å². The Labute approximate surface area is 112 Å². The highest BCUT2D eigenvalue weighted by Gasteiger charge is 2.24. The zero-order chi connectivity index (χ0) is 13.2. The van der Waals surface area contributed by atoms with Crippen molar-refractivity contribution >= 4 is 11.7 Å². The first kappa shape index (κ1) is 12.3. The van der Waals surface area contributed by atoms with Crippen molar-refractivity contribution in [3.8, 4) is 0 Å². The van der Waals surface area contributed by atoms with Gasteiger partial charge in [-0.15, -0.1) is 10.2 Å². The van der Waals surface area contributed by atoms with Crippen molar-refractivity contribution in [1.29, 1.82) is 0 Å². The minimum absolute atomic E-state index is 0.0689. The molecule has 2 heterocycles. The number of carbonyl (C=O) groups is 1. The number of nitrogens with zero attached hydrogens (tertiary/aromatic N) is 3.